The number of amides is 1. The van der Waals surface area contributed by atoms with Gasteiger partial charge in [-0.1, -0.05) is 28.7 Å². The lowest BCUT2D eigenvalue weighted by Gasteiger charge is -2.00. The predicted octanol–water partition coefficient (Wildman–Crippen LogP) is 0.985. The number of nitrogens with zero attached hydrogens (tertiary/aromatic N) is 4. The van der Waals surface area contributed by atoms with Gasteiger partial charge in [0.2, 0.25) is 5.91 Å². The van der Waals surface area contributed by atoms with E-state index in [1.807, 2.05) is 24.3 Å². The molecule has 3 N–H and O–H groups in total. The number of rotatable bonds is 4. The number of nitrogens with two attached hydrogens (primary N) is 1. The van der Waals surface area contributed by atoms with Crippen molar-refractivity contribution in [3.8, 4) is 0 Å². The molecule has 0 unspecified atom stereocenters. The SMILES string of the molecule is NCc1cn(CC(=O)Nc2nc3ccccc3s2)nn1. The minimum absolute atomic E-state index is 0.0862. The second kappa shape index (κ2) is 5.35. The Hall–Kier alpha value is -2.32. The lowest BCUT2D eigenvalue weighted by Crippen LogP contribution is -2.19. The summed E-state index contributed by atoms with van der Waals surface area (Å²) in [6.45, 7) is 0.391. The van der Waals surface area contributed by atoms with Crippen molar-refractivity contribution in [2.45, 2.75) is 13.1 Å². The monoisotopic (exact) mass is 288 g/mol. The van der Waals surface area contributed by atoms with Crippen LogP contribution in [0.5, 0.6) is 0 Å². The van der Waals surface area contributed by atoms with Gasteiger partial charge in [0, 0.05) is 6.54 Å². The molecular weight excluding hydrogens is 276 g/mol. The summed E-state index contributed by atoms with van der Waals surface area (Å²) in [5.74, 6) is -0.197. The molecule has 2 heterocycles. The highest BCUT2D eigenvalue weighted by atomic mass is 32.1. The summed E-state index contributed by atoms with van der Waals surface area (Å²) < 4.78 is 2.49. The van der Waals surface area contributed by atoms with Crippen molar-refractivity contribution < 1.29 is 4.79 Å². The summed E-state index contributed by atoms with van der Waals surface area (Å²) in [7, 11) is 0. The van der Waals surface area contributed by atoms with E-state index in [9.17, 15) is 4.79 Å². The molecule has 2 aromatic heterocycles. The quantitative estimate of drug-likeness (QED) is 0.745. The molecule has 0 spiro atoms. The molecule has 8 heteroatoms. The number of para-hydroxylation sites is 1. The normalized spacial score (nSPS) is 10.8. The Morgan fingerprint density at radius 3 is 3.00 bits per heavy atom. The molecule has 1 amide bonds. The lowest BCUT2D eigenvalue weighted by molar-refractivity contribution is -0.116. The van der Waals surface area contributed by atoms with Crippen molar-refractivity contribution in [1.29, 1.82) is 0 Å². The van der Waals surface area contributed by atoms with Crippen LogP contribution in [-0.4, -0.2) is 25.9 Å². The molecule has 20 heavy (non-hydrogen) atoms. The Bertz CT molecular complexity index is 716. The van der Waals surface area contributed by atoms with Crippen LogP contribution in [0.2, 0.25) is 0 Å². The minimum atomic E-state index is -0.197. The van der Waals surface area contributed by atoms with Crippen molar-refractivity contribution in [2.75, 3.05) is 5.32 Å². The first-order valence-electron chi connectivity index (χ1n) is 5.99. The average Bonchev–Trinajstić information content (AvgIpc) is 3.04. The van der Waals surface area contributed by atoms with Gasteiger partial charge in [0.05, 0.1) is 22.1 Å². The van der Waals surface area contributed by atoms with Gasteiger partial charge in [0.25, 0.3) is 0 Å². The van der Waals surface area contributed by atoms with E-state index >= 15 is 0 Å². The molecule has 0 aliphatic rings. The molecule has 0 saturated carbocycles. The summed E-state index contributed by atoms with van der Waals surface area (Å²) in [6.07, 6.45) is 1.65. The predicted molar refractivity (Wildman–Crippen MR) is 76.2 cm³/mol. The first-order valence-corrected chi connectivity index (χ1v) is 6.81. The van der Waals surface area contributed by atoms with Crippen LogP contribution in [0.4, 0.5) is 5.13 Å². The van der Waals surface area contributed by atoms with E-state index < -0.39 is 0 Å². The minimum Gasteiger partial charge on any atom is -0.325 e. The Morgan fingerprint density at radius 2 is 2.25 bits per heavy atom. The maximum Gasteiger partial charge on any atom is 0.247 e. The van der Waals surface area contributed by atoms with Crippen molar-refractivity contribution >= 4 is 32.6 Å². The van der Waals surface area contributed by atoms with Gasteiger partial charge in [0.15, 0.2) is 5.13 Å². The molecule has 1 aromatic carbocycles. The van der Waals surface area contributed by atoms with E-state index in [1.165, 1.54) is 16.0 Å². The molecule has 0 bridgehead atoms. The van der Waals surface area contributed by atoms with E-state index in [2.05, 4.69) is 20.6 Å². The third kappa shape index (κ3) is 2.65. The van der Waals surface area contributed by atoms with Crippen LogP contribution in [0.15, 0.2) is 30.5 Å². The summed E-state index contributed by atoms with van der Waals surface area (Å²) >= 11 is 1.44. The topological polar surface area (TPSA) is 98.7 Å². The summed E-state index contributed by atoms with van der Waals surface area (Å²) in [6, 6.07) is 7.73. The van der Waals surface area contributed by atoms with Crippen LogP contribution >= 0.6 is 11.3 Å². The first kappa shape index (κ1) is 12.7. The van der Waals surface area contributed by atoms with E-state index in [4.69, 9.17) is 5.73 Å². The highest BCUT2D eigenvalue weighted by Crippen LogP contribution is 2.25. The van der Waals surface area contributed by atoms with Crippen molar-refractivity contribution in [2.24, 2.45) is 5.73 Å². The summed E-state index contributed by atoms with van der Waals surface area (Å²) in [5, 5.41) is 11.0. The van der Waals surface area contributed by atoms with Crippen molar-refractivity contribution in [1.82, 2.24) is 20.0 Å². The zero-order valence-corrected chi connectivity index (χ0v) is 11.3. The number of hydrogen-bond acceptors (Lipinski definition) is 6. The Morgan fingerprint density at radius 1 is 1.40 bits per heavy atom. The van der Waals surface area contributed by atoms with Crippen LogP contribution < -0.4 is 11.1 Å². The third-order valence-electron chi connectivity index (χ3n) is 2.64. The number of benzene rings is 1. The van der Waals surface area contributed by atoms with Gasteiger partial charge in [-0.05, 0) is 12.1 Å². The van der Waals surface area contributed by atoms with E-state index in [0.29, 0.717) is 17.4 Å². The largest absolute Gasteiger partial charge is 0.325 e. The van der Waals surface area contributed by atoms with Gasteiger partial charge < -0.3 is 11.1 Å². The number of anilines is 1. The molecule has 3 aromatic rings. The highest BCUT2D eigenvalue weighted by molar-refractivity contribution is 7.22. The maximum absolute atomic E-state index is 11.9. The van der Waals surface area contributed by atoms with Gasteiger partial charge in [-0.15, -0.1) is 5.10 Å². The molecule has 0 atom stereocenters. The number of thiazole rings is 1. The molecule has 7 nitrogen and oxygen atoms in total. The van der Waals surface area contributed by atoms with Crippen LogP contribution in [0.1, 0.15) is 5.69 Å². The number of aromatic nitrogens is 4. The zero-order chi connectivity index (χ0) is 13.9. The highest BCUT2D eigenvalue weighted by Gasteiger charge is 2.09. The molecule has 0 aliphatic heterocycles. The number of carbonyl (C=O) groups is 1. The van der Waals surface area contributed by atoms with Gasteiger partial charge in [-0.3, -0.25) is 4.79 Å². The summed E-state index contributed by atoms with van der Waals surface area (Å²) in [4.78, 5) is 16.2. The zero-order valence-electron chi connectivity index (χ0n) is 10.5. The third-order valence-corrected chi connectivity index (χ3v) is 3.59. The van der Waals surface area contributed by atoms with Gasteiger partial charge in [0.1, 0.15) is 6.54 Å². The number of fused-ring (bicyclic) bond motifs is 1. The van der Waals surface area contributed by atoms with Gasteiger partial charge >= 0.3 is 0 Å². The van der Waals surface area contributed by atoms with Crippen LogP contribution in [0, 0.1) is 0 Å². The van der Waals surface area contributed by atoms with Crippen molar-refractivity contribution in [3.05, 3.63) is 36.2 Å². The Balaban J connectivity index is 1.69. The number of hydrogen-bond donors (Lipinski definition) is 2. The molecule has 0 saturated heterocycles. The van der Waals surface area contributed by atoms with Crippen LogP contribution in [-0.2, 0) is 17.9 Å². The molecule has 0 radical (unpaired) electrons. The lowest BCUT2D eigenvalue weighted by atomic mass is 10.3. The number of nitrogens with one attached hydrogen (secondary N) is 1. The second-order valence-corrected chi connectivity index (χ2v) is 5.18. The van der Waals surface area contributed by atoms with Gasteiger partial charge in [-0.25, -0.2) is 9.67 Å². The van der Waals surface area contributed by atoms with Crippen molar-refractivity contribution in [3.63, 3.8) is 0 Å². The van der Waals surface area contributed by atoms with Crippen LogP contribution in [0.25, 0.3) is 10.2 Å². The fourth-order valence-corrected chi connectivity index (χ4v) is 2.62. The summed E-state index contributed by atoms with van der Waals surface area (Å²) in [5.41, 5.74) is 6.96. The molecular formula is C12H12N6OS. The number of carbonyl (C=O) groups excluding carboxylic acids is 1. The van der Waals surface area contributed by atoms with Crippen LogP contribution in [0.3, 0.4) is 0 Å². The fourth-order valence-electron chi connectivity index (χ4n) is 1.74. The van der Waals surface area contributed by atoms with E-state index in [-0.39, 0.29) is 12.5 Å². The first-order chi connectivity index (χ1) is 9.74. The molecule has 0 aliphatic carbocycles. The standard InChI is InChI=1S/C12H12N6OS/c13-5-8-6-18(17-16-8)7-11(19)15-12-14-9-3-1-2-4-10(9)20-12/h1-4,6H,5,7,13H2,(H,14,15,19). The van der Waals surface area contributed by atoms with E-state index in [1.54, 1.807) is 6.20 Å². The average molecular weight is 288 g/mol. The molecule has 3 rings (SSSR count). The second-order valence-electron chi connectivity index (χ2n) is 4.15. The maximum atomic E-state index is 11.9. The molecule has 102 valence electrons. The Kier molecular flexibility index (Phi) is 3.40. The Labute approximate surface area is 118 Å². The smallest absolute Gasteiger partial charge is 0.247 e. The van der Waals surface area contributed by atoms with Gasteiger partial charge in [-0.2, -0.15) is 0 Å². The molecule has 0 fully saturated rings. The van der Waals surface area contributed by atoms with E-state index in [0.717, 1.165) is 10.2 Å². The fraction of sp³-hybridized carbons (Fsp3) is 0.167.